The molecule has 2 aliphatic rings. The average molecular weight is 510 g/mol. The zero-order valence-corrected chi connectivity index (χ0v) is 21.6. The molecule has 1 aliphatic heterocycles. The van der Waals surface area contributed by atoms with E-state index in [0.29, 0.717) is 0 Å². The van der Waals surface area contributed by atoms with E-state index in [1.165, 1.54) is 33.4 Å². The summed E-state index contributed by atoms with van der Waals surface area (Å²) in [5.74, 6) is 1.05. The molecule has 2 aromatic heterocycles. The van der Waals surface area contributed by atoms with Gasteiger partial charge in [-0.3, -0.25) is 9.55 Å². The van der Waals surface area contributed by atoms with Crippen molar-refractivity contribution >= 4 is 11.0 Å². The van der Waals surface area contributed by atoms with E-state index in [-0.39, 0.29) is 0 Å². The van der Waals surface area contributed by atoms with Crippen molar-refractivity contribution in [3.05, 3.63) is 162 Å². The summed E-state index contributed by atoms with van der Waals surface area (Å²) in [7, 11) is 0. The predicted molar refractivity (Wildman–Crippen MR) is 161 cm³/mol. The molecule has 3 nitrogen and oxygen atoms in total. The lowest BCUT2D eigenvalue weighted by Gasteiger charge is -2.27. The fourth-order valence-electron chi connectivity index (χ4n) is 7.04. The molecule has 3 heterocycles. The number of rotatable bonds is 2. The van der Waals surface area contributed by atoms with Crippen LogP contribution in [0.2, 0.25) is 0 Å². The second kappa shape index (κ2) is 7.87. The number of para-hydroxylation sites is 3. The minimum atomic E-state index is -0.498. The second-order valence-electron chi connectivity index (χ2n) is 10.6. The molecule has 0 N–H and O–H groups in total. The monoisotopic (exact) mass is 509 g/mol. The van der Waals surface area contributed by atoms with Crippen molar-refractivity contribution in [2.75, 3.05) is 0 Å². The highest BCUT2D eigenvalue weighted by Crippen LogP contribution is 2.61. The van der Waals surface area contributed by atoms with Crippen LogP contribution in [0.4, 0.5) is 0 Å². The van der Waals surface area contributed by atoms with Crippen molar-refractivity contribution in [1.82, 2.24) is 14.5 Å². The topological polar surface area (TPSA) is 30.7 Å². The summed E-state index contributed by atoms with van der Waals surface area (Å²) in [4.78, 5) is 10.4. The standard InChI is InChI=1S/C37H23N3/c1-2-11-24(12-3-1)25-21-22-32(38-23-25)28-15-10-18-31-35(28)40-34-20-9-8-19-33(34)39-36(40)37(31)29-16-6-4-13-26(29)27-14-5-7-17-30(27)37/h1-23H. The Labute approximate surface area is 232 Å². The molecule has 1 aliphatic carbocycles. The number of fused-ring (bicyclic) bond motifs is 12. The Morgan fingerprint density at radius 2 is 1.15 bits per heavy atom. The molecule has 7 aromatic rings. The summed E-state index contributed by atoms with van der Waals surface area (Å²) in [6, 6.07) is 47.6. The molecule has 0 amide bonds. The van der Waals surface area contributed by atoms with E-state index in [0.717, 1.165) is 39.4 Å². The highest BCUT2D eigenvalue weighted by Gasteiger charge is 2.54. The summed E-state index contributed by atoms with van der Waals surface area (Å²) in [5.41, 5.74) is 13.5. The van der Waals surface area contributed by atoms with Gasteiger partial charge >= 0.3 is 0 Å². The lowest BCUT2D eigenvalue weighted by Crippen LogP contribution is -2.27. The van der Waals surface area contributed by atoms with Gasteiger partial charge in [-0.15, -0.1) is 0 Å². The van der Waals surface area contributed by atoms with E-state index >= 15 is 0 Å². The zero-order valence-electron chi connectivity index (χ0n) is 21.6. The Bertz CT molecular complexity index is 2060. The molecule has 9 rings (SSSR count). The number of aromatic nitrogens is 3. The van der Waals surface area contributed by atoms with Gasteiger partial charge in [-0.2, -0.15) is 0 Å². The van der Waals surface area contributed by atoms with Gasteiger partial charge in [0.2, 0.25) is 0 Å². The van der Waals surface area contributed by atoms with Crippen LogP contribution in [0.3, 0.4) is 0 Å². The fraction of sp³-hybridized carbons (Fsp3) is 0.0270. The van der Waals surface area contributed by atoms with Gasteiger partial charge in [-0.25, -0.2) is 4.98 Å². The summed E-state index contributed by atoms with van der Waals surface area (Å²) in [6.07, 6.45) is 1.99. The molecule has 3 heteroatoms. The van der Waals surface area contributed by atoms with E-state index in [1.54, 1.807) is 0 Å². The molecule has 0 saturated carbocycles. The van der Waals surface area contributed by atoms with Crippen molar-refractivity contribution < 1.29 is 0 Å². The van der Waals surface area contributed by atoms with Gasteiger partial charge in [0.25, 0.3) is 0 Å². The molecule has 186 valence electrons. The summed E-state index contributed by atoms with van der Waals surface area (Å²) in [5, 5.41) is 0. The third-order valence-corrected chi connectivity index (χ3v) is 8.66. The first-order chi connectivity index (χ1) is 19.9. The third kappa shape index (κ3) is 2.64. The number of pyridine rings is 1. The maximum absolute atomic E-state index is 5.37. The van der Waals surface area contributed by atoms with Gasteiger partial charge in [0.05, 0.1) is 22.4 Å². The van der Waals surface area contributed by atoms with E-state index in [2.05, 4.69) is 132 Å². The fourth-order valence-corrected chi connectivity index (χ4v) is 7.04. The molecule has 0 unspecified atom stereocenters. The minimum Gasteiger partial charge on any atom is -0.294 e. The lowest BCUT2D eigenvalue weighted by molar-refractivity contribution is 0.738. The molecular formula is C37H23N3. The van der Waals surface area contributed by atoms with Crippen molar-refractivity contribution in [1.29, 1.82) is 0 Å². The van der Waals surface area contributed by atoms with Crippen LogP contribution >= 0.6 is 0 Å². The largest absolute Gasteiger partial charge is 0.294 e. The molecular weight excluding hydrogens is 486 g/mol. The van der Waals surface area contributed by atoms with Crippen LogP contribution in [0.25, 0.3) is 50.2 Å². The van der Waals surface area contributed by atoms with Crippen molar-refractivity contribution in [3.8, 4) is 39.2 Å². The van der Waals surface area contributed by atoms with Crippen molar-refractivity contribution in [2.45, 2.75) is 5.41 Å². The van der Waals surface area contributed by atoms with Gasteiger partial charge < -0.3 is 0 Å². The van der Waals surface area contributed by atoms with Crippen molar-refractivity contribution in [3.63, 3.8) is 0 Å². The highest BCUT2D eigenvalue weighted by molar-refractivity contribution is 5.94. The molecule has 0 atom stereocenters. The Hall–Kier alpha value is -5.28. The van der Waals surface area contributed by atoms with Crippen LogP contribution < -0.4 is 0 Å². The van der Waals surface area contributed by atoms with E-state index in [1.807, 2.05) is 12.3 Å². The summed E-state index contributed by atoms with van der Waals surface area (Å²) < 4.78 is 2.39. The quantitative estimate of drug-likeness (QED) is 0.234. The summed E-state index contributed by atoms with van der Waals surface area (Å²) >= 11 is 0. The predicted octanol–water partition coefficient (Wildman–Crippen LogP) is 8.43. The van der Waals surface area contributed by atoms with Gasteiger partial charge in [0.15, 0.2) is 0 Å². The number of hydrogen-bond donors (Lipinski definition) is 0. The van der Waals surface area contributed by atoms with Crippen LogP contribution in [0.5, 0.6) is 0 Å². The van der Waals surface area contributed by atoms with E-state index in [9.17, 15) is 0 Å². The Balaban J connectivity index is 1.38. The minimum absolute atomic E-state index is 0.498. The Kier molecular flexibility index (Phi) is 4.26. The van der Waals surface area contributed by atoms with Gasteiger partial charge in [0.1, 0.15) is 11.2 Å². The molecule has 0 radical (unpaired) electrons. The van der Waals surface area contributed by atoms with Crippen LogP contribution in [-0.4, -0.2) is 14.5 Å². The normalized spacial score (nSPS) is 13.7. The summed E-state index contributed by atoms with van der Waals surface area (Å²) in [6.45, 7) is 0. The number of nitrogens with zero attached hydrogens (tertiary/aromatic N) is 3. The number of hydrogen-bond acceptors (Lipinski definition) is 2. The molecule has 1 spiro atoms. The SMILES string of the molecule is c1ccc(-c2ccc(-c3cccc4c3-n3c(nc5ccccc53)C43c4ccccc4-c4ccccc43)nc2)cc1. The van der Waals surface area contributed by atoms with Crippen LogP contribution in [0.1, 0.15) is 22.5 Å². The maximum atomic E-state index is 5.37. The van der Waals surface area contributed by atoms with Gasteiger partial charge in [-0.1, -0.05) is 115 Å². The second-order valence-corrected chi connectivity index (χ2v) is 10.6. The first kappa shape index (κ1) is 21.6. The van der Waals surface area contributed by atoms with Gasteiger partial charge in [-0.05, 0) is 51.6 Å². The first-order valence-electron chi connectivity index (χ1n) is 13.7. The molecule has 0 saturated heterocycles. The Morgan fingerprint density at radius 3 is 1.90 bits per heavy atom. The molecule has 0 fully saturated rings. The Morgan fingerprint density at radius 1 is 0.500 bits per heavy atom. The number of imidazole rings is 1. The highest BCUT2D eigenvalue weighted by atomic mass is 15.1. The molecule has 40 heavy (non-hydrogen) atoms. The van der Waals surface area contributed by atoms with Crippen LogP contribution in [0.15, 0.2) is 140 Å². The molecule has 0 bridgehead atoms. The number of benzene rings is 5. The van der Waals surface area contributed by atoms with Gasteiger partial charge in [0, 0.05) is 17.3 Å². The maximum Gasteiger partial charge on any atom is 0.134 e. The van der Waals surface area contributed by atoms with Crippen molar-refractivity contribution in [2.24, 2.45) is 0 Å². The van der Waals surface area contributed by atoms with E-state index < -0.39 is 5.41 Å². The lowest BCUT2D eigenvalue weighted by atomic mass is 9.72. The third-order valence-electron chi connectivity index (χ3n) is 8.66. The smallest absolute Gasteiger partial charge is 0.134 e. The average Bonchev–Trinajstić information content (AvgIpc) is 3.65. The van der Waals surface area contributed by atoms with E-state index in [4.69, 9.17) is 9.97 Å². The first-order valence-corrected chi connectivity index (χ1v) is 13.7. The molecule has 5 aromatic carbocycles. The van der Waals surface area contributed by atoms with Crippen LogP contribution in [-0.2, 0) is 5.41 Å². The zero-order chi connectivity index (χ0) is 26.3. The van der Waals surface area contributed by atoms with Crippen LogP contribution in [0, 0.1) is 0 Å².